The number of esters is 1. The van der Waals surface area contributed by atoms with Crippen LogP contribution in [0.15, 0.2) is 48.5 Å². The summed E-state index contributed by atoms with van der Waals surface area (Å²) in [5.41, 5.74) is 4.95. The summed E-state index contributed by atoms with van der Waals surface area (Å²) in [5, 5.41) is 10.4. The third-order valence-electron chi connectivity index (χ3n) is 7.06. The van der Waals surface area contributed by atoms with Crippen molar-refractivity contribution in [1.29, 1.82) is 0 Å². The van der Waals surface area contributed by atoms with Crippen molar-refractivity contribution in [1.82, 2.24) is 9.88 Å². The van der Waals surface area contributed by atoms with Gasteiger partial charge in [0.1, 0.15) is 5.75 Å². The van der Waals surface area contributed by atoms with Crippen LogP contribution in [-0.2, 0) is 16.0 Å². The van der Waals surface area contributed by atoms with Gasteiger partial charge in [-0.2, -0.15) is 0 Å². The van der Waals surface area contributed by atoms with Crippen molar-refractivity contribution in [3.63, 3.8) is 0 Å². The average molecular weight is 471 g/mol. The lowest BCUT2D eigenvalue weighted by atomic mass is 9.86. The molecule has 2 aliphatic rings. The summed E-state index contributed by atoms with van der Waals surface area (Å²) in [6.45, 7) is 2.52. The molecule has 2 heterocycles. The fourth-order valence-corrected chi connectivity index (χ4v) is 5.23. The van der Waals surface area contributed by atoms with Gasteiger partial charge in [0.15, 0.2) is 6.61 Å². The Hall–Kier alpha value is -3.67. The Balaban J connectivity index is 1.49. The fourth-order valence-electron chi connectivity index (χ4n) is 5.23. The van der Waals surface area contributed by atoms with Crippen LogP contribution < -0.4 is 0 Å². The number of pyridine rings is 1. The molecule has 1 saturated heterocycles. The van der Waals surface area contributed by atoms with Crippen LogP contribution in [0.4, 0.5) is 0 Å². The molecule has 5 rings (SSSR count). The van der Waals surface area contributed by atoms with Gasteiger partial charge in [-0.25, -0.2) is 9.78 Å². The topological polar surface area (TPSA) is 79.7 Å². The van der Waals surface area contributed by atoms with Crippen LogP contribution in [0, 0.1) is 0 Å². The molecule has 180 valence electrons. The van der Waals surface area contributed by atoms with E-state index in [0.29, 0.717) is 5.56 Å². The Kier molecular flexibility index (Phi) is 6.53. The molecule has 0 saturated carbocycles. The first-order valence-corrected chi connectivity index (χ1v) is 12.4. The minimum absolute atomic E-state index is 0.134. The number of aromatic nitrogens is 1. The van der Waals surface area contributed by atoms with Crippen molar-refractivity contribution >= 4 is 34.4 Å². The maximum absolute atomic E-state index is 13.4. The molecule has 1 N–H and O–H groups in total. The quantitative estimate of drug-likeness (QED) is 0.518. The van der Waals surface area contributed by atoms with Crippen LogP contribution in [-0.4, -0.2) is 46.1 Å². The molecular weight excluding hydrogens is 440 g/mol. The van der Waals surface area contributed by atoms with Crippen LogP contribution in [0.25, 0.3) is 22.6 Å². The van der Waals surface area contributed by atoms with Crippen LogP contribution in [0.3, 0.4) is 0 Å². The first kappa shape index (κ1) is 23.1. The van der Waals surface area contributed by atoms with Crippen LogP contribution >= 0.6 is 0 Å². The van der Waals surface area contributed by atoms with Crippen LogP contribution in [0.5, 0.6) is 5.75 Å². The van der Waals surface area contributed by atoms with E-state index in [0.717, 1.165) is 78.4 Å². The number of nitrogens with zero attached hydrogens (tertiary/aromatic N) is 2. The number of phenolic OH excluding ortho intramolecular Hbond substituents is 1. The third-order valence-corrected chi connectivity index (χ3v) is 7.06. The highest BCUT2D eigenvalue weighted by Crippen LogP contribution is 2.36. The number of aromatic hydroxyl groups is 1. The zero-order valence-corrected chi connectivity index (χ0v) is 20.0. The van der Waals surface area contributed by atoms with Gasteiger partial charge in [-0.05, 0) is 86.4 Å². The molecule has 1 atom stereocenters. The molecule has 6 nitrogen and oxygen atoms in total. The molecule has 3 aromatic rings. The summed E-state index contributed by atoms with van der Waals surface area (Å²) < 4.78 is 5.63. The number of carbonyl (C=O) groups is 2. The molecule has 1 unspecified atom stereocenters. The number of ether oxygens (including phenoxy) is 1. The number of rotatable bonds is 4. The van der Waals surface area contributed by atoms with E-state index in [1.165, 1.54) is 0 Å². The molecule has 2 aromatic carbocycles. The van der Waals surface area contributed by atoms with Gasteiger partial charge in [-0.3, -0.25) is 4.79 Å². The van der Waals surface area contributed by atoms with Gasteiger partial charge in [0.05, 0.1) is 16.8 Å². The van der Waals surface area contributed by atoms with Crippen LogP contribution in [0.1, 0.15) is 66.2 Å². The lowest BCUT2D eigenvalue weighted by Gasteiger charge is -2.33. The van der Waals surface area contributed by atoms with E-state index in [4.69, 9.17) is 9.72 Å². The summed E-state index contributed by atoms with van der Waals surface area (Å²) in [5.74, 6) is -0.381. The van der Waals surface area contributed by atoms with Crippen molar-refractivity contribution < 1.29 is 19.4 Å². The molecule has 1 fully saturated rings. The Bertz CT molecular complexity index is 1300. The first-order chi connectivity index (χ1) is 17.0. The summed E-state index contributed by atoms with van der Waals surface area (Å²) >= 11 is 0. The van der Waals surface area contributed by atoms with E-state index in [1.807, 2.05) is 48.2 Å². The molecule has 35 heavy (non-hydrogen) atoms. The van der Waals surface area contributed by atoms with Gasteiger partial charge in [-0.15, -0.1) is 0 Å². The smallest absolute Gasteiger partial charge is 0.339 e. The van der Waals surface area contributed by atoms with Crippen molar-refractivity contribution in [2.45, 2.75) is 51.5 Å². The van der Waals surface area contributed by atoms with Gasteiger partial charge in [0, 0.05) is 18.0 Å². The molecule has 1 aliphatic heterocycles. The number of likely N-dealkylation sites (tertiary alicyclic amines) is 1. The predicted octanol–water partition coefficient (Wildman–Crippen LogP) is 5.38. The zero-order valence-electron chi connectivity index (χ0n) is 20.0. The molecule has 1 aromatic heterocycles. The molecule has 1 amide bonds. The largest absolute Gasteiger partial charge is 0.508 e. The number of hydrogen-bond donors (Lipinski definition) is 1. The van der Waals surface area contributed by atoms with E-state index in [2.05, 4.69) is 6.08 Å². The highest BCUT2D eigenvalue weighted by Gasteiger charge is 2.28. The maximum Gasteiger partial charge on any atom is 0.339 e. The van der Waals surface area contributed by atoms with Gasteiger partial charge in [0.2, 0.25) is 0 Å². The second-order valence-electron chi connectivity index (χ2n) is 9.45. The molecule has 1 aliphatic carbocycles. The van der Waals surface area contributed by atoms with Crippen molar-refractivity contribution in [2.24, 2.45) is 0 Å². The standard InChI is InChI=1S/C29H30N2O4/c1-19-7-4-5-16-31(19)26(33)18-35-29(34)27-23-9-2-3-11-25(23)30-28-21(8-6-10-24(27)28)17-20-12-14-22(32)15-13-20/h2-3,9,11-15,17,19,32H,4-8,10,16,18H2,1H3/b21-17+. The summed E-state index contributed by atoms with van der Waals surface area (Å²) in [6, 6.07) is 14.8. The Morgan fingerprint density at radius 3 is 2.69 bits per heavy atom. The molecule has 0 spiro atoms. The molecule has 0 bridgehead atoms. The van der Waals surface area contributed by atoms with E-state index in [9.17, 15) is 14.7 Å². The second-order valence-corrected chi connectivity index (χ2v) is 9.45. The highest BCUT2D eigenvalue weighted by atomic mass is 16.5. The number of piperidine rings is 1. The Morgan fingerprint density at radius 1 is 1.09 bits per heavy atom. The van der Waals surface area contributed by atoms with E-state index in [1.54, 1.807) is 12.1 Å². The van der Waals surface area contributed by atoms with Gasteiger partial charge >= 0.3 is 5.97 Å². The highest BCUT2D eigenvalue weighted by molar-refractivity contribution is 6.07. The minimum atomic E-state index is -0.469. The number of amides is 1. The second kappa shape index (κ2) is 9.90. The van der Waals surface area contributed by atoms with Gasteiger partial charge in [0.25, 0.3) is 5.91 Å². The maximum atomic E-state index is 13.4. The predicted molar refractivity (Wildman–Crippen MR) is 136 cm³/mol. The number of hydrogen-bond acceptors (Lipinski definition) is 5. The van der Waals surface area contributed by atoms with Gasteiger partial charge < -0.3 is 14.7 Å². The summed E-state index contributed by atoms with van der Waals surface area (Å²) in [4.78, 5) is 33.0. The zero-order chi connectivity index (χ0) is 24.4. The number of carbonyl (C=O) groups excluding carboxylic acids is 2. The van der Waals surface area contributed by atoms with Crippen molar-refractivity contribution in [2.75, 3.05) is 13.2 Å². The third kappa shape index (κ3) is 4.78. The number of benzene rings is 2. The summed E-state index contributed by atoms with van der Waals surface area (Å²) in [7, 11) is 0. The molecule has 6 heteroatoms. The van der Waals surface area contributed by atoms with E-state index < -0.39 is 5.97 Å². The van der Waals surface area contributed by atoms with Crippen molar-refractivity contribution in [3.8, 4) is 5.75 Å². The number of para-hydroxylation sites is 1. The van der Waals surface area contributed by atoms with E-state index >= 15 is 0 Å². The first-order valence-electron chi connectivity index (χ1n) is 12.4. The number of phenols is 1. The minimum Gasteiger partial charge on any atom is -0.508 e. The molecular formula is C29H30N2O4. The lowest BCUT2D eigenvalue weighted by Crippen LogP contribution is -2.44. The van der Waals surface area contributed by atoms with E-state index in [-0.39, 0.29) is 24.3 Å². The number of allylic oxidation sites excluding steroid dienone is 1. The SMILES string of the molecule is CC1CCCCN1C(=O)COC(=O)c1c2c(nc3ccccc13)/C(=C/c1ccc(O)cc1)CCC2. The monoisotopic (exact) mass is 470 g/mol. The Labute approximate surface area is 205 Å². The lowest BCUT2D eigenvalue weighted by molar-refractivity contribution is -0.137. The normalized spacial score (nSPS) is 18.9. The fraction of sp³-hybridized carbons (Fsp3) is 0.345. The summed E-state index contributed by atoms with van der Waals surface area (Å²) in [6.07, 6.45) is 7.62. The Morgan fingerprint density at radius 2 is 1.89 bits per heavy atom. The van der Waals surface area contributed by atoms with Crippen LogP contribution in [0.2, 0.25) is 0 Å². The average Bonchev–Trinajstić information content (AvgIpc) is 2.87. The van der Waals surface area contributed by atoms with Crippen molar-refractivity contribution in [3.05, 3.63) is 70.9 Å². The number of fused-ring (bicyclic) bond motifs is 2. The molecule has 0 radical (unpaired) electrons. The van der Waals surface area contributed by atoms with Gasteiger partial charge in [-0.1, -0.05) is 30.3 Å².